The Hall–Kier alpha value is -2.81. The molecule has 0 amide bonds. The Labute approximate surface area is 136 Å². The number of methoxy groups -OCH3 is 1. The average Bonchev–Trinajstić information content (AvgIpc) is 2.88. The Bertz CT molecular complexity index is 815. The first-order valence-electron chi connectivity index (χ1n) is 7.62. The van der Waals surface area contributed by atoms with Gasteiger partial charge in [-0.25, -0.2) is 4.98 Å². The molecule has 0 saturated heterocycles. The molecule has 1 aromatic heterocycles. The second kappa shape index (κ2) is 6.53. The summed E-state index contributed by atoms with van der Waals surface area (Å²) >= 11 is 0. The molecule has 0 spiro atoms. The van der Waals surface area contributed by atoms with Gasteiger partial charge in [0.1, 0.15) is 11.6 Å². The maximum absolute atomic E-state index is 5.24. The van der Waals surface area contributed by atoms with Crippen LogP contribution in [-0.4, -0.2) is 16.7 Å². The fraction of sp³-hybridized carbons (Fsp3) is 0.150. The van der Waals surface area contributed by atoms with Crippen LogP contribution in [0.1, 0.15) is 22.8 Å². The van der Waals surface area contributed by atoms with E-state index >= 15 is 0 Å². The quantitative estimate of drug-likeness (QED) is 0.700. The smallest absolute Gasteiger partial charge is 0.137 e. The minimum Gasteiger partial charge on any atom is -0.497 e. The lowest BCUT2D eigenvalue weighted by molar-refractivity contribution is 0.414. The molecule has 2 aromatic carbocycles. The molecule has 0 saturated carbocycles. The summed E-state index contributed by atoms with van der Waals surface area (Å²) in [7, 11) is 1.68. The summed E-state index contributed by atoms with van der Waals surface area (Å²) in [6.07, 6.45) is 4.14. The number of aryl methyl sites for hydroxylation is 1. The number of rotatable bonds is 4. The van der Waals surface area contributed by atoms with Gasteiger partial charge in [-0.3, -0.25) is 4.57 Å². The average molecular weight is 304 g/mol. The third-order valence-electron chi connectivity index (χ3n) is 3.93. The summed E-state index contributed by atoms with van der Waals surface area (Å²) in [5.41, 5.74) is 4.42. The minimum absolute atomic E-state index is 0.851. The Morgan fingerprint density at radius 2 is 1.61 bits per heavy atom. The maximum atomic E-state index is 5.24. The molecule has 0 N–H and O–H groups in total. The van der Waals surface area contributed by atoms with Crippen LogP contribution in [-0.2, 0) is 0 Å². The highest BCUT2D eigenvalue weighted by atomic mass is 16.5. The van der Waals surface area contributed by atoms with Crippen molar-refractivity contribution in [1.82, 2.24) is 9.55 Å². The molecule has 0 fully saturated rings. The predicted octanol–water partition coefficient (Wildman–Crippen LogP) is 4.67. The van der Waals surface area contributed by atoms with E-state index in [2.05, 4.69) is 40.8 Å². The number of benzene rings is 2. The van der Waals surface area contributed by atoms with Crippen molar-refractivity contribution in [2.75, 3.05) is 7.11 Å². The van der Waals surface area contributed by atoms with Gasteiger partial charge in [0, 0.05) is 11.4 Å². The van der Waals surface area contributed by atoms with Gasteiger partial charge < -0.3 is 4.74 Å². The van der Waals surface area contributed by atoms with Crippen molar-refractivity contribution in [2.45, 2.75) is 13.8 Å². The van der Waals surface area contributed by atoms with Gasteiger partial charge in [-0.2, -0.15) is 0 Å². The Morgan fingerprint density at radius 1 is 0.913 bits per heavy atom. The molecule has 3 rings (SSSR count). The number of hydrogen-bond donors (Lipinski definition) is 0. The number of ether oxygens (including phenoxy) is 1. The van der Waals surface area contributed by atoms with Crippen LogP contribution in [0.15, 0.2) is 54.6 Å². The van der Waals surface area contributed by atoms with Crippen LogP contribution in [0.2, 0.25) is 0 Å². The van der Waals surface area contributed by atoms with Crippen molar-refractivity contribution in [2.24, 2.45) is 0 Å². The standard InChI is InChI=1S/C20H20N2O/c1-15-16(2)22(18-10-12-19(23-3)13-11-18)20(21-15)14-9-17-7-5-4-6-8-17/h4-14H,1-3H3. The Morgan fingerprint density at radius 3 is 2.26 bits per heavy atom. The van der Waals surface area contributed by atoms with Gasteiger partial charge in [0.15, 0.2) is 0 Å². The fourth-order valence-electron chi connectivity index (χ4n) is 2.54. The zero-order valence-electron chi connectivity index (χ0n) is 13.7. The fourth-order valence-corrected chi connectivity index (χ4v) is 2.54. The predicted molar refractivity (Wildman–Crippen MR) is 95.0 cm³/mol. The molecule has 3 heteroatoms. The molecule has 0 aliphatic carbocycles. The third kappa shape index (κ3) is 3.19. The lowest BCUT2D eigenvalue weighted by Crippen LogP contribution is -1.99. The zero-order chi connectivity index (χ0) is 16.2. The van der Waals surface area contributed by atoms with E-state index in [9.17, 15) is 0 Å². The molecule has 0 unspecified atom stereocenters. The Balaban J connectivity index is 2.01. The highest BCUT2D eigenvalue weighted by molar-refractivity contribution is 5.68. The largest absolute Gasteiger partial charge is 0.497 e. The maximum Gasteiger partial charge on any atom is 0.137 e. The van der Waals surface area contributed by atoms with Gasteiger partial charge >= 0.3 is 0 Å². The molecule has 0 radical (unpaired) electrons. The monoisotopic (exact) mass is 304 g/mol. The first kappa shape index (κ1) is 15.1. The van der Waals surface area contributed by atoms with E-state index in [4.69, 9.17) is 4.74 Å². The molecule has 116 valence electrons. The van der Waals surface area contributed by atoms with Crippen molar-refractivity contribution in [3.05, 3.63) is 77.4 Å². The second-order valence-corrected chi connectivity index (χ2v) is 5.42. The van der Waals surface area contributed by atoms with Gasteiger partial charge in [0.25, 0.3) is 0 Å². The lowest BCUT2D eigenvalue weighted by Gasteiger charge is -2.09. The summed E-state index contributed by atoms with van der Waals surface area (Å²) in [4.78, 5) is 4.69. The van der Waals surface area contributed by atoms with Gasteiger partial charge in [0.05, 0.1) is 12.8 Å². The molecule has 0 aliphatic rings. The van der Waals surface area contributed by atoms with Gasteiger partial charge in [-0.1, -0.05) is 36.4 Å². The third-order valence-corrected chi connectivity index (χ3v) is 3.93. The van der Waals surface area contributed by atoms with E-state index < -0.39 is 0 Å². The molecule has 0 bridgehead atoms. The molecule has 3 aromatic rings. The van der Waals surface area contributed by atoms with Crippen molar-refractivity contribution < 1.29 is 4.74 Å². The molecule has 0 atom stereocenters. The van der Waals surface area contributed by atoms with Crippen molar-refractivity contribution in [3.8, 4) is 11.4 Å². The molecule has 3 nitrogen and oxygen atoms in total. The van der Waals surface area contributed by atoms with E-state index in [0.29, 0.717) is 0 Å². The van der Waals surface area contributed by atoms with E-state index in [1.165, 1.54) is 0 Å². The number of nitrogens with zero attached hydrogens (tertiary/aromatic N) is 2. The lowest BCUT2D eigenvalue weighted by atomic mass is 10.2. The normalized spacial score (nSPS) is 11.1. The van der Waals surface area contributed by atoms with E-state index in [1.807, 2.05) is 49.4 Å². The first-order chi connectivity index (χ1) is 11.2. The topological polar surface area (TPSA) is 27.1 Å². The summed E-state index contributed by atoms with van der Waals surface area (Å²) in [6.45, 7) is 4.13. The number of aromatic nitrogens is 2. The summed E-state index contributed by atoms with van der Waals surface area (Å²) < 4.78 is 7.40. The number of imidazole rings is 1. The van der Waals surface area contributed by atoms with Crippen LogP contribution in [0.4, 0.5) is 0 Å². The van der Waals surface area contributed by atoms with E-state index in [1.54, 1.807) is 7.11 Å². The van der Waals surface area contributed by atoms with Crippen LogP contribution in [0.5, 0.6) is 5.75 Å². The van der Waals surface area contributed by atoms with E-state index in [-0.39, 0.29) is 0 Å². The van der Waals surface area contributed by atoms with Crippen molar-refractivity contribution >= 4 is 12.2 Å². The van der Waals surface area contributed by atoms with Crippen LogP contribution >= 0.6 is 0 Å². The number of hydrogen-bond acceptors (Lipinski definition) is 2. The molecule has 23 heavy (non-hydrogen) atoms. The van der Waals surface area contributed by atoms with Crippen molar-refractivity contribution in [1.29, 1.82) is 0 Å². The second-order valence-electron chi connectivity index (χ2n) is 5.42. The van der Waals surface area contributed by atoms with Crippen LogP contribution in [0.3, 0.4) is 0 Å². The zero-order valence-corrected chi connectivity index (χ0v) is 13.7. The summed E-state index contributed by atoms with van der Waals surface area (Å²) in [5, 5.41) is 0. The molecule has 1 heterocycles. The molecule has 0 aliphatic heterocycles. The molecular formula is C20H20N2O. The van der Waals surface area contributed by atoms with Gasteiger partial charge in [0.2, 0.25) is 0 Å². The SMILES string of the molecule is COc1ccc(-n2c(C=Cc3ccccc3)nc(C)c2C)cc1. The summed E-state index contributed by atoms with van der Waals surface area (Å²) in [6, 6.07) is 18.3. The van der Waals surface area contributed by atoms with Crippen molar-refractivity contribution in [3.63, 3.8) is 0 Å². The highest BCUT2D eigenvalue weighted by Crippen LogP contribution is 2.21. The van der Waals surface area contributed by atoms with Crippen LogP contribution < -0.4 is 4.74 Å². The molecular weight excluding hydrogens is 284 g/mol. The van der Waals surface area contributed by atoms with Crippen LogP contribution in [0, 0.1) is 13.8 Å². The Kier molecular flexibility index (Phi) is 4.29. The summed E-state index contributed by atoms with van der Waals surface area (Å²) in [5.74, 6) is 1.78. The highest BCUT2D eigenvalue weighted by Gasteiger charge is 2.10. The van der Waals surface area contributed by atoms with Crippen LogP contribution in [0.25, 0.3) is 17.8 Å². The minimum atomic E-state index is 0.851. The first-order valence-corrected chi connectivity index (χ1v) is 7.62. The van der Waals surface area contributed by atoms with Gasteiger partial charge in [-0.15, -0.1) is 0 Å². The van der Waals surface area contributed by atoms with Gasteiger partial charge in [-0.05, 0) is 49.8 Å². The van der Waals surface area contributed by atoms with E-state index in [0.717, 1.165) is 34.2 Å².